The minimum Gasteiger partial charge on any atom is -0.480 e. The first-order valence-electron chi connectivity index (χ1n) is 4.99. The number of rotatable bonds is 8. The molecular weight excluding hydrogens is 230 g/mol. The summed E-state index contributed by atoms with van der Waals surface area (Å²) in [5, 5.41) is 8.58. The second-order valence-corrected chi connectivity index (χ2v) is 5.76. The zero-order valence-corrected chi connectivity index (χ0v) is 10.2. The number of terminal acetylenes is 1. The number of carboxylic acids is 1. The van der Waals surface area contributed by atoms with Gasteiger partial charge in [0.15, 0.2) is 9.84 Å². The van der Waals surface area contributed by atoms with Crippen molar-refractivity contribution in [3.8, 4) is 12.3 Å². The van der Waals surface area contributed by atoms with E-state index < -0.39 is 15.8 Å². The molecule has 0 spiro atoms. The first-order chi connectivity index (χ1) is 7.41. The summed E-state index contributed by atoms with van der Waals surface area (Å²) in [6, 6.07) is 0. The summed E-state index contributed by atoms with van der Waals surface area (Å²) in [4.78, 5) is 11.9. The van der Waals surface area contributed by atoms with Crippen molar-refractivity contribution < 1.29 is 18.3 Å². The van der Waals surface area contributed by atoms with E-state index in [1.165, 1.54) is 4.90 Å². The lowest BCUT2D eigenvalue weighted by molar-refractivity contribution is -0.138. The molecule has 0 aromatic heterocycles. The van der Waals surface area contributed by atoms with E-state index in [2.05, 4.69) is 5.92 Å². The SMILES string of the molecule is C#CCN(CCS(=O)(=O)CCC)CC(=O)O. The first kappa shape index (κ1) is 14.9. The molecule has 0 radical (unpaired) electrons. The van der Waals surface area contributed by atoms with Gasteiger partial charge in [0.05, 0.1) is 18.8 Å². The van der Waals surface area contributed by atoms with Gasteiger partial charge in [0.1, 0.15) is 0 Å². The molecule has 1 N–H and O–H groups in total. The van der Waals surface area contributed by atoms with E-state index in [0.29, 0.717) is 6.42 Å². The van der Waals surface area contributed by atoms with Gasteiger partial charge < -0.3 is 5.11 Å². The Hall–Kier alpha value is -1.06. The molecule has 92 valence electrons. The molecule has 0 unspecified atom stereocenters. The number of nitrogens with zero attached hydrogens (tertiary/aromatic N) is 1. The predicted molar refractivity (Wildman–Crippen MR) is 61.9 cm³/mol. The molecule has 0 bridgehead atoms. The van der Waals surface area contributed by atoms with Crippen molar-refractivity contribution in [2.75, 3.05) is 31.1 Å². The molecule has 0 saturated heterocycles. The van der Waals surface area contributed by atoms with Crippen LogP contribution in [0.5, 0.6) is 0 Å². The molecule has 6 heteroatoms. The summed E-state index contributed by atoms with van der Waals surface area (Å²) in [5.74, 6) is 1.38. The summed E-state index contributed by atoms with van der Waals surface area (Å²) in [6.45, 7) is 1.87. The lowest BCUT2D eigenvalue weighted by Crippen LogP contribution is -2.34. The quantitative estimate of drug-likeness (QED) is 0.603. The molecule has 0 atom stereocenters. The Morgan fingerprint density at radius 1 is 1.44 bits per heavy atom. The van der Waals surface area contributed by atoms with E-state index in [0.717, 1.165) is 0 Å². The van der Waals surface area contributed by atoms with Crippen LogP contribution in [0, 0.1) is 12.3 Å². The van der Waals surface area contributed by atoms with Crippen LogP contribution >= 0.6 is 0 Å². The molecule has 0 rings (SSSR count). The summed E-state index contributed by atoms with van der Waals surface area (Å²) >= 11 is 0. The number of sulfone groups is 1. The van der Waals surface area contributed by atoms with Gasteiger partial charge in [0, 0.05) is 12.3 Å². The van der Waals surface area contributed by atoms with Crippen LogP contribution in [-0.2, 0) is 14.6 Å². The fourth-order valence-corrected chi connectivity index (χ4v) is 2.58. The highest BCUT2D eigenvalue weighted by Crippen LogP contribution is 1.96. The Morgan fingerprint density at radius 2 is 2.06 bits per heavy atom. The minimum absolute atomic E-state index is 0.0458. The van der Waals surface area contributed by atoms with Crippen LogP contribution in [0.2, 0.25) is 0 Å². The summed E-state index contributed by atoms with van der Waals surface area (Å²) < 4.78 is 22.8. The molecule has 0 fully saturated rings. The van der Waals surface area contributed by atoms with Gasteiger partial charge >= 0.3 is 5.97 Å². The molecule has 16 heavy (non-hydrogen) atoms. The van der Waals surface area contributed by atoms with Gasteiger partial charge in [0.25, 0.3) is 0 Å². The normalized spacial score (nSPS) is 11.3. The van der Waals surface area contributed by atoms with E-state index in [1.54, 1.807) is 6.92 Å². The van der Waals surface area contributed by atoms with Gasteiger partial charge in [-0.15, -0.1) is 6.42 Å². The van der Waals surface area contributed by atoms with Gasteiger partial charge in [0.2, 0.25) is 0 Å². The summed E-state index contributed by atoms with van der Waals surface area (Å²) in [5.41, 5.74) is 0. The van der Waals surface area contributed by atoms with Crippen molar-refractivity contribution in [3.63, 3.8) is 0 Å². The predicted octanol–water partition coefficient (Wildman–Crippen LogP) is -0.169. The second-order valence-electron chi connectivity index (χ2n) is 3.46. The van der Waals surface area contributed by atoms with Crippen LogP contribution in [-0.4, -0.2) is 55.5 Å². The smallest absolute Gasteiger partial charge is 0.317 e. The summed E-state index contributed by atoms with van der Waals surface area (Å²) in [6.07, 6.45) is 5.63. The third kappa shape index (κ3) is 7.26. The van der Waals surface area contributed by atoms with E-state index in [-0.39, 0.29) is 31.1 Å². The van der Waals surface area contributed by atoms with Gasteiger partial charge in [-0.3, -0.25) is 9.69 Å². The molecule has 0 heterocycles. The molecule has 0 aromatic rings. The fourth-order valence-electron chi connectivity index (χ4n) is 1.22. The molecule has 0 saturated carbocycles. The molecule has 0 aliphatic heterocycles. The van der Waals surface area contributed by atoms with Gasteiger partial charge in [-0.25, -0.2) is 8.42 Å². The number of hydrogen-bond donors (Lipinski definition) is 1. The van der Waals surface area contributed by atoms with Crippen LogP contribution < -0.4 is 0 Å². The van der Waals surface area contributed by atoms with Crippen LogP contribution in [0.25, 0.3) is 0 Å². The standard InChI is InChI=1S/C10H17NO4S/c1-3-5-11(9-10(12)13)6-8-16(14,15)7-4-2/h1H,4-9H2,2H3,(H,12,13). The monoisotopic (exact) mass is 247 g/mol. The Morgan fingerprint density at radius 3 is 2.50 bits per heavy atom. The Kier molecular flexibility index (Phi) is 6.77. The van der Waals surface area contributed by atoms with Crippen molar-refractivity contribution in [2.24, 2.45) is 0 Å². The average molecular weight is 247 g/mol. The average Bonchev–Trinajstić information content (AvgIpc) is 2.14. The number of carboxylic acid groups (broad SMARTS) is 1. The van der Waals surface area contributed by atoms with Crippen molar-refractivity contribution in [1.82, 2.24) is 4.90 Å². The zero-order valence-electron chi connectivity index (χ0n) is 9.35. The highest BCUT2D eigenvalue weighted by atomic mass is 32.2. The summed E-state index contributed by atoms with van der Waals surface area (Å²) in [7, 11) is -3.08. The van der Waals surface area contributed by atoms with E-state index in [1.807, 2.05) is 0 Å². The zero-order chi connectivity index (χ0) is 12.6. The van der Waals surface area contributed by atoms with Gasteiger partial charge in [-0.2, -0.15) is 0 Å². The Bertz CT molecular complexity index is 356. The largest absolute Gasteiger partial charge is 0.480 e. The molecule has 0 aliphatic carbocycles. The highest BCUT2D eigenvalue weighted by molar-refractivity contribution is 7.91. The third-order valence-corrected chi connectivity index (χ3v) is 3.74. The number of hydrogen-bond acceptors (Lipinski definition) is 4. The maximum Gasteiger partial charge on any atom is 0.317 e. The molecule has 0 aliphatic rings. The lowest BCUT2D eigenvalue weighted by atomic mass is 10.4. The first-order valence-corrected chi connectivity index (χ1v) is 6.81. The molecule has 0 amide bonds. The maximum absolute atomic E-state index is 11.4. The Balaban J connectivity index is 4.22. The van der Waals surface area contributed by atoms with E-state index >= 15 is 0 Å². The molecular formula is C10H17NO4S. The van der Waals surface area contributed by atoms with Crippen molar-refractivity contribution in [1.29, 1.82) is 0 Å². The maximum atomic E-state index is 11.4. The minimum atomic E-state index is -3.08. The van der Waals surface area contributed by atoms with E-state index in [4.69, 9.17) is 11.5 Å². The lowest BCUT2D eigenvalue weighted by Gasteiger charge is -2.16. The van der Waals surface area contributed by atoms with Crippen LogP contribution in [0.15, 0.2) is 0 Å². The fraction of sp³-hybridized carbons (Fsp3) is 0.700. The Labute approximate surface area is 96.4 Å². The number of aliphatic carboxylic acids is 1. The third-order valence-electron chi connectivity index (χ3n) is 1.91. The number of carbonyl (C=O) groups is 1. The van der Waals surface area contributed by atoms with Gasteiger partial charge in [-0.1, -0.05) is 12.8 Å². The van der Waals surface area contributed by atoms with Crippen molar-refractivity contribution in [3.05, 3.63) is 0 Å². The molecule has 0 aromatic carbocycles. The van der Waals surface area contributed by atoms with Crippen molar-refractivity contribution in [2.45, 2.75) is 13.3 Å². The van der Waals surface area contributed by atoms with E-state index in [9.17, 15) is 13.2 Å². The molecule has 5 nitrogen and oxygen atoms in total. The van der Waals surface area contributed by atoms with Crippen LogP contribution in [0.1, 0.15) is 13.3 Å². The second kappa shape index (κ2) is 7.25. The van der Waals surface area contributed by atoms with Crippen molar-refractivity contribution >= 4 is 15.8 Å². The highest BCUT2D eigenvalue weighted by Gasteiger charge is 2.14. The topological polar surface area (TPSA) is 74.7 Å². The van der Waals surface area contributed by atoms with Crippen LogP contribution in [0.3, 0.4) is 0 Å². The van der Waals surface area contributed by atoms with Crippen LogP contribution in [0.4, 0.5) is 0 Å². The van der Waals surface area contributed by atoms with Gasteiger partial charge in [-0.05, 0) is 6.42 Å².